The van der Waals surface area contributed by atoms with Crippen LogP contribution >= 0.6 is 0 Å². The number of benzene rings is 2. The van der Waals surface area contributed by atoms with Crippen molar-refractivity contribution in [3.05, 3.63) is 48.8 Å². The molecule has 2 aromatic carbocycles. The molecule has 0 unspecified atom stereocenters. The van der Waals surface area contributed by atoms with E-state index in [-0.39, 0.29) is 10.8 Å². The molecule has 1 aliphatic heterocycles. The van der Waals surface area contributed by atoms with Crippen LogP contribution in [0.25, 0.3) is 0 Å². The van der Waals surface area contributed by atoms with Gasteiger partial charge >= 0.3 is 0 Å². The number of nitrogens with zero attached hydrogens (tertiary/aromatic N) is 4. The van der Waals surface area contributed by atoms with Gasteiger partial charge in [0.25, 0.3) is 0 Å². The number of hydrogen-bond donors (Lipinski definition) is 3. The lowest BCUT2D eigenvalue weighted by atomic mass is 10.0. The van der Waals surface area contributed by atoms with Crippen LogP contribution in [0, 0.1) is 0 Å². The Labute approximate surface area is 223 Å². The molecule has 1 aliphatic rings. The SMILES string of the molecule is COCCCNC1CCN(c2ccc(Nc3ncnc(Nc4ccccc4S(C)(=O)=O)n3)c(OC)c2)CC1. The van der Waals surface area contributed by atoms with Crippen LogP contribution in [0.1, 0.15) is 19.3 Å². The second-order valence-electron chi connectivity index (χ2n) is 9.10. The normalized spacial score (nSPS) is 14.3. The van der Waals surface area contributed by atoms with Gasteiger partial charge < -0.3 is 30.3 Å². The van der Waals surface area contributed by atoms with E-state index in [1.807, 2.05) is 12.1 Å². The Bertz CT molecular complexity index is 1310. The highest BCUT2D eigenvalue weighted by Crippen LogP contribution is 2.33. The van der Waals surface area contributed by atoms with E-state index < -0.39 is 9.84 Å². The van der Waals surface area contributed by atoms with Crippen molar-refractivity contribution in [2.24, 2.45) is 0 Å². The first kappa shape index (κ1) is 27.6. The van der Waals surface area contributed by atoms with Crippen LogP contribution < -0.4 is 25.6 Å². The smallest absolute Gasteiger partial charge is 0.232 e. The third-order valence-corrected chi connectivity index (χ3v) is 7.51. The number of anilines is 5. The van der Waals surface area contributed by atoms with Crippen molar-refractivity contribution in [1.29, 1.82) is 0 Å². The molecule has 0 spiro atoms. The minimum atomic E-state index is -3.42. The van der Waals surface area contributed by atoms with Gasteiger partial charge in [0.15, 0.2) is 9.84 Å². The average molecular weight is 542 g/mol. The quantitative estimate of drug-likeness (QED) is 0.292. The van der Waals surface area contributed by atoms with Gasteiger partial charge in [0.05, 0.1) is 23.4 Å². The highest BCUT2D eigenvalue weighted by molar-refractivity contribution is 7.90. The Hall–Kier alpha value is -3.48. The maximum Gasteiger partial charge on any atom is 0.232 e. The van der Waals surface area contributed by atoms with Crippen molar-refractivity contribution in [2.75, 3.05) is 62.3 Å². The maximum atomic E-state index is 12.1. The second kappa shape index (κ2) is 12.9. The molecule has 2 heterocycles. The Morgan fingerprint density at radius 3 is 2.39 bits per heavy atom. The zero-order valence-corrected chi connectivity index (χ0v) is 22.8. The predicted molar refractivity (Wildman–Crippen MR) is 149 cm³/mol. The molecule has 38 heavy (non-hydrogen) atoms. The molecule has 1 saturated heterocycles. The van der Waals surface area contributed by atoms with Gasteiger partial charge in [-0.15, -0.1) is 0 Å². The number of rotatable bonds is 12. The third kappa shape index (κ3) is 7.30. The summed E-state index contributed by atoms with van der Waals surface area (Å²) in [6, 6.07) is 13.1. The van der Waals surface area contributed by atoms with Crippen molar-refractivity contribution in [2.45, 2.75) is 30.2 Å². The van der Waals surface area contributed by atoms with Crippen molar-refractivity contribution < 1.29 is 17.9 Å². The van der Waals surface area contributed by atoms with Gasteiger partial charge in [-0.3, -0.25) is 0 Å². The number of hydrogen-bond acceptors (Lipinski definition) is 11. The van der Waals surface area contributed by atoms with Crippen molar-refractivity contribution in [1.82, 2.24) is 20.3 Å². The number of ether oxygens (including phenoxy) is 2. The largest absolute Gasteiger partial charge is 0.494 e. The van der Waals surface area contributed by atoms with Gasteiger partial charge in [-0.2, -0.15) is 4.98 Å². The molecule has 4 rings (SSSR count). The number of para-hydroxylation sites is 1. The first-order valence-corrected chi connectivity index (χ1v) is 14.4. The van der Waals surface area contributed by atoms with Crippen LogP contribution in [-0.2, 0) is 14.6 Å². The molecule has 0 amide bonds. The van der Waals surface area contributed by atoms with Crippen LogP contribution in [0.3, 0.4) is 0 Å². The lowest BCUT2D eigenvalue weighted by Crippen LogP contribution is -2.43. The molecule has 0 radical (unpaired) electrons. The molecule has 1 fully saturated rings. The second-order valence-corrected chi connectivity index (χ2v) is 11.1. The van der Waals surface area contributed by atoms with Crippen LogP contribution in [0.2, 0.25) is 0 Å². The summed E-state index contributed by atoms with van der Waals surface area (Å²) in [5.74, 6) is 1.18. The van der Waals surface area contributed by atoms with Crippen LogP contribution in [0.15, 0.2) is 53.7 Å². The monoisotopic (exact) mass is 541 g/mol. The van der Waals surface area contributed by atoms with Gasteiger partial charge in [-0.05, 0) is 50.1 Å². The Kier molecular flexibility index (Phi) is 9.32. The number of methoxy groups -OCH3 is 2. The van der Waals surface area contributed by atoms with Crippen LogP contribution in [0.5, 0.6) is 5.75 Å². The summed E-state index contributed by atoms with van der Waals surface area (Å²) in [5, 5.41) is 9.78. The van der Waals surface area contributed by atoms with E-state index >= 15 is 0 Å². The third-order valence-electron chi connectivity index (χ3n) is 6.35. The molecule has 0 saturated carbocycles. The van der Waals surface area contributed by atoms with Gasteiger partial charge in [0.2, 0.25) is 11.9 Å². The van der Waals surface area contributed by atoms with Gasteiger partial charge in [0.1, 0.15) is 12.1 Å². The van der Waals surface area contributed by atoms with E-state index in [1.54, 1.807) is 32.4 Å². The van der Waals surface area contributed by atoms with E-state index in [0.717, 1.165) is 57.4 Å². The summed E-state index contributed by atoms with van der Waals surface area (Å²) in [5.41, 5.74) is 2.20. The van der Waals surface area contributed by atoms with Crippen molar-refractivity contribution in [3.8, 4) is 5.75 Å². The standard InChI is InChI=1S/C26H35N7O4S/c1-36-16-6-13-27-19-11-14-33(15-12-19)20-9-10-21(23(17-20)37-2)30-25-28-18-29-26(32-25)31-22-7-4-5-8-24(22)38(3,34)35/h4-5,7-10,17-19,27H,6,11-16H2,1-3H3,(H2,28,29,30,31,32). The van der Waals surface area contributed by atoms with E-state index in [1.165, 1.54) is 12.4 Å². The minimum absolute atomic E-state index is 0.165. The number of piperidine rings is 1. The Morgan fingerprint density at radius 2 is 1.71 bits per heavy atom. The van der Waals surface area contributed by atoms with Crippen molar-refractivity contribution >= 4 is 38.8 Å². The molecule has 12 heteroatoms. The lowest BCUT2D eigenvalue weighted by molar-refractivity contribution is 0.192. The molecular formula is C26H35N7O4S. The number of sulfone groups is 1. The van der Waals surface area contributed by atoms with E-state index in [2.05, 4.69) is 41.9 Å². The summed E-state index contributed by atoms with van der Waals surface area (Å²) in [6.07, 6.45) is 5.70. The Balaban J connectivity index is 1.41. The summed E-state index contributed by atoms with van der Waals surface area (Å²) in [7, 11) is -0.0622. The highest BCUT2D eigenvalue weighted by Gasteiger charge is 2.20. The van der Waals surface area contributed by atoms with E-state index in [0.29, 0.717) is 29.1 Å². The summed E-state index contributed by atoms with van der Waals surface area (Å²) in [4.78, 5) is 15.3. The fourth-order valence-corrected chi connectivity index (χ4v) is 5.24. The van der Waals surface area contributed by atoms with E-state index in [4.69, 9.17) is 9.47 Å². The molecule has 3 aromatic rings. The summed E-state index contributed by atoms with van der Waals surface area (Å²) in [6.45, 7) is 3.70. The molecule has 1 aromatic heterocycles. The average Bonchev–Trinajstić information content (AvgIpc) is 2.92. The molecule has 11 nitrogen and oxygen atoms in total. The van der Waals surface area contributed by atoms with Gasteiger partial charge in [-0.1, -0.05) is 12.1 Å². The number of aromatic nitrogens is 3. The maximum absolute atomic E-state index is 12.1. The summed E-state index contributed by atoms with van der Waals surface area (Å²) < 4.78 is 35.0. The summed E-state index contributed by atoms with van der Waals surface area (Å²) >= 11 is 0. The zero-order valence-electron chi connectivity index (χ0n) is 22.0. The molecule has 3 N–H and O–H groups in total. The minimum Gasteiger partial charge on any atom is -0.494 e. The molecule has 0 atom stereocenters. The molecular weight excluding hydrogens is 506 g/mol. The number of nitrogens with one attached hydrogen (secondary N) is 3. The van der Waals surface area contributed by atoms with E-state index in [9.17, 15) is 8.42 Å². The fourth-order valence-electron chi connectivity index (χ4n) is 4.40. The first-order valence-electron chi connectivity index (χ1n) is 12.5. The zero-order chi connectivity index (χ0) is 27.0. The van der Waals surface area contributed by atoms with Gasteiger partial charge in [-0.25, -0.2) is 18.4 Å². The lowest BCUT2D eigenvalue weighted by Gasteiger charge is -2.34. The topological polar surface area (TPSA) is 131 Å². The Morgan fingerprint density at radius 1 is 1.00 bits per heavy atom. The van der Waals surface area contributed by atoms with Crippen LogP contribution in [-0.4, -0.2) is 76.1 Å². The fraction of sp³-hybridized carbons (Fsp3) is 0.423. The van der Waals surface area contributed by atoms with Crippen molar-refractivity contribution in [3.63, 3.8) is 0 Å². The van der Waals surface area contributed by atoms with Gasteiger partial charge in [0, 0.05) is 50.9 Å². The molecule has 0 bridgehead atoms. The molecule has 204 valence electrons. The van der Waals surface area contributed by atoms with Crippen LogP contribution in [0.4, 0.5) is 29.0 Å². The predicted octanol–water partition coefficient (Wildman–Crippen LogP) is 3.37. The molecule has 0 aliphatic carbocycles. The first-order chi connectivity index (χ1) is 18.4. The highest BCUT2D eigenvalue weighted by atomic mass is 32.2.